The molecule has 0 saturated carbocycles. The Kier molecular flexibility index (Phi) is 15.5. The van der Waals surface area contributed by atoms with Gasteiger partial charge in [0.2, 0.25) is 0 Å². The number of hydrogen-bond donors (Lipinski definition) is 2. The van der Waals surface area contributed by atoms with Gasteiger partial charge < -0.3 is 39.3 Å². The second kappa shape index (κ2) is 23.1. The smallest absolute Gasteiger partial charge is 0.328 e. The lowest BCUT2D eigenvalue weighted by Crippen LogP contribution is -2.51. The average Bonchev–Trinajstić information content (AvgIpc) is 1.54. The predicted octanol–water partition coefficient (Wildman–Crippen LogP) is 7.66. The molecule has 2 spiro atoms. The molecule has 14 rings (SSSR count). The molecule has 6 atom stereocenters. The highest BCUT2D eigenvalue weighted by molar-refractivity contribution is 6.10. The summed E-state index contributed by atoms with van der Waals surface area (Å²) in [6, 6.07) is 36.3. The highest BCUT2D eigenvalue weighted by atomic mass is 16.5. The summed E-state index contributed by atoms with van der Waals surface area (Å²) in [5.41, 5.74) is 7.42. The van der Waals surface area contributed by atoms with Gasteiger partial charge in [-0.2, -0.15) is 0 Å². The van der Waals surface area contributed by atoms with Crippen LogP contribution in [0.5, 0.6) is 11.5 Å². The number of phenols is 2. The fourth-order valence-electron chi connectivity index (χ4n) is 15.9. The third-order valence-corrected chi connectivity index (χ3v) is 20.3. The number of imide groups is 2. The number of nitrogens with zero attached hydrogens (tertiary/aromatic N) is 10. The molecule has 0 unspecified atom stereocenters. The van der Waals surface area contributed by atoms with Gasteiger partial charge >= 0.3 is 12.1 Å². The van der Waals surface area contributed by atoms with Gasteiger partial charge in [-0.15, -0.1) is 0 Å². The molecular formula is C68H82N10O8. The zero-order chi connectivity index (χ0) is 59.8. The molecule has 8 heterocycles. The lowest BCUT2D eigenvalue weighted by molar-refractivity contribution is -0.134. The number of morpholine rings is 2. The van der Waals surface area contributed by atoms with Crippen LogP contribution in [0.3, 0.4) is 0 Å². The summed E-state index contributed by atoms with van der Waals surface area (Å²) in [6.45, 7) is 16.2. The van der Waals surface area contributed by atoms with Crippen LogP contribution >= 0.6 is 0 Å². The van der Waals surface area contributed by atoms with Gasteiger partial charge in [0.15, 0.2) is 11.5 Å². The van der Waals surface area contributed by atoms with E-state index in [0.717, 1.165) is 89.9 Å². The van der Waals surface area contributed by atoms with Crippen LogP contribution in [0.1, 0.15) is 58.3 Å². The summed E-state index contributed by atoms with van der Waals surface area (Å²) < 4.78 is 11.0. The number of aryl methyl sites for hydroxylation is 2. The lowest BCUT2D eigenvalue weighted by atomic mass is 9.87. The van der Waals surface area contributed by atoms with E-state index in [2.05, 4.69) is 136 Å². The molecule has 452 valence electrons. The van der Waals surface area contributed by atoms with E-state index in [9.17, 15) is 29.4 Å². The quantitative estimate of drug-likeness (QED) is 0.0809. The summed E-state index contributed by atoms with van der Waals surface area (Å²) in [5, 5.41) is 24.4. The molecule has 0 bridgehead atoms. The molecule has 6 aromatic carbocycles. The van der Waals surface area contributed by atoms with E-state index < -0.39 is 11.1 Å². The van der Waals surface area contributed by atoms with Crippen molar-refractivity contribution < 1.29 is 38.9 Å². The first-order valence-electron chi connectivity index (χ1n) is 30.9. The third-order valence-electron chi connectivity index (χ3n) is 20.3. The summed E-state index contributed by atoms with van der Waals surface area (Å²) in [7, 11) is 8.20. The fourth-order valence-corrected chi connectivity index (χ4v) is 15.9. The molecule has 0 aromatic heterocycles. The Hall–Kier alpha value is -7.32. The van der Waals surface area contributed by atoms with Crippen molar-refractivity contribution in [1.82, 2.24) is 39.2 Å². The molecule has 8 fully saturated rings. The molecule has 8 saturated heterocycles. The average molecular weight is 1170 g/mol. The Morgan fingerprint density at radius 2 is 0.919 bits per heavy atom. The maximum Gasteiger partial charge on any atom is 0.328 e. The van der Waals surface area contributed by atoms with Crippen LogP contribution in [0.4, 0.5) is 21.0 Å². The molecule has 2 N–H and O–H groups in total. The number of carbonyl (C=O) groups excluding carboxylic acids is 4. The zero-order valence-corrected chi connectivity index (χ0v) is 50.7. The minimum atomic E-state index is -0.937. The van der Waals surface area contributed by atoms with Crippen molar-refractivity contribution in [2.75, 3.05) is 143 Å². The first-order chi connectivity index (χ1) is 41.5. The molecule has 8 aliphatic heterocycles. The lowest BCUT2D eigenvalue weighted by Gasteiger charge is -2.33. The number of aromatic hydroxyl groups is 2. The molecule has 0 aliphatic carbocycles. The third kappa shape index (κ3) is 9.89. The van der Waals surface area contributed by atoms with E-state index >= 15 is 0 Å². The number of benzene rings is 6. The monoisotopic (exact) mass is 1170 g/mol. The van der Waals surface area contributed by atoms with Gasteiger partial charge in [-0.25, -0.2) is 9.59 Å². The number of amides is 6. The first-order valence-corrected chi connectivity index (χ1v) is 30.9. The Bertz CT molecular complexity index is 3370. The van der Waals surface area contributed by atoms with Crippen LogP contribution in [0.2, 0.25) is 0 Å². The predicted molar refractivity (Wildman–Crippen MR) is 332 cm³/mol. The fraction of sp³-hybridized carbons (Fsp3) is 0.471. The summed E-state index contributed by atoms with van der Waals surface area (Å²) in [6.07, 6.45) is 1.50. The minimum Gasteiger partial charge on any atom is -0.504 e. The Morgan fingerprint density at radius 3 is 1.35 bits per heavy atom. The van der Waals surface area contributed by atoms with Crippen molar-refractivity contribution in [3.63, 3.8) is 0 Å². The van der Waals surface area contributed by atoms with E-state index in [1.807, 2.05) is 36.0 Å². The number of rotatable bonds is 14. The number of fused-ring (bicyclic) bond motifs is 2. The van der Waals surface area contributed by atoms with Crippen LogP contribution in [0.15, 0.2) is 109 Å². The molecule has 86 heavy (non-hydrogen) atoms. The van der Waals surface area contributed by atoms with Gasteiger partial charge in [0.05, 0.1) is 38.5 Å². The second-order valence-electron chi connectivity index (χ2n) is 25.7. The highest BCUT2D eigenvalue weighted by Gasteiger charge is 2.71. The number of carbonyl (C=O) groups is 4. The molecule has 8 aliphatic rings. The van der Waals surface area contributed by atoms with Crippen LogP contribution in [0.25, 0.3) is 21.5 Å². The van der Waals surface area contributed by atoms with E-state index in [-0.39, 0.29) is 59.3 Å². The van der Waals surface area contributed by atoms with Crippen LogP contribution in [0, 0.1) is 25.7 Å². The second-order valence-corrected chi connectivity index (χ2v) is 25.7. The van der Waals surface area contributed by atoms with Crippen molar-refractivity contribution in [3.05, 3.63) is 143 Å². The van der Waals surface area contributed by atoms with Crippen LogP contribution in [-0.2, 0) is 32.2 Å². The van der Waals surface area contributed by atoms with Crippen LogP contribution < -0.4 is 9.80 Å². The standard InChI is InChI=1S/C35H43N5O3.C33H39N5O5/c1-24-9-10-26(19-25(24)2)21-38-22-27-20-32(30-11-12-31(36(3)4)29-8-6-5-7-28(29)30)40-34(42)39(33(41)35(27,40)23-38)14-13-37-15-17-43-18-16-37;1-34(2)27-9-8-26(24-5-3-4-6-25(24)27)28-18-23-20-36(19-22-7-10-29(39)30(40)17-22)21-33(23)31(41)37(32(42)38(28)33)12-11-35-13-15-43-16-14-35/h5-12,19,27,32H,13-18,20-23H2,1-4H3;3-10,17,23,28,39-40H,11-16,18-21H2,1-2H3/t27-,32-,35+;23-,28-,33+/m11/s1. The summed E-state index contributed by atoms with van der Waals surface area (Å²) in [5.74, 6) is -0.360. The van der Waals surface area contributed by atoms with Crippen molar-refractivity contribution in [2.45, 2.75) is 62.9 Å². The highest BCUT2D eigenvalue weighted by Crippen LogP contribution is 2.58. The summed E-state index contributed by atoms with van der Waals surface area (Å²) in [4.78, 5) is 78.2. The Balaban J connectivity index is 0.000000160. The number of likely N-dealkylation sites (tertiary alicyclic amines) is 2. The zero-order valence-electron chi connectivity index (χ0n) is 50.7. The van der Waals surface area contributed by atoms with E-state index in [0.29, 0.717) is 85.2 Å². The van der Waals surface area contributed by atoms with Crippen molar-refractivity contribution in [2.24, 2.45) is 11.8 Å². The number of urea groups is 2. The molecule has 6 aromatic rings. The van der Waals surface area contributed by atoms with E-state index in [1.165, 1.54) is 33.0 Å². The Morgan fingerprint density at radius 1 is 0.488 bits per heavy atom. The van der Waals surface area contributed by atoms with E-state index in [1.54, 1.807) is 17.0 Å². The minimum absolute atomic E-state index is 0.00457. The van der Waals surface area contributed by atoms with Gasteiger partial charge in [-0.05, 0) is 95.1 Å². The van der Waals surface area contributed by atoms with Gasteiger partial charge in [0.1, 0.15) is 11.1 Å². The van der Waals surface area contributed by atoms with Crippen LogP contribution in [-0.4, -0.2) is 218 Å². The summed E-state index contributed by atoms with van der Waals surface area (Å²) >= 11 is 0. The SMILES string of the molecule is CN(C)c1ccc([C@H]2C[C@@H]3CN(Cc4ccc(O)c(O)c4)C[C@@]34C(=O)N(CCN3CCOCC3)C(=O)N24)c2ccccc12.Cc1ccc(CN2C[C@H]3C[C@H](c4ccc(N(C)C)c5ccccc45)N4C(=O)N(CCN5CCOCC5)C(=O)[C@]34C2)cc1C. The number of anilines is 2. The number of hydrogen-bond acceptors (Lipinski definition) is 14. The number of phenolic OH excluding ortho intramolecular Hbond substituents is 2. The maximum atomic E-state index is 14.5. The van der Waals surface area contributed by atoms with E-state index in [4.69, 9.17) is 9.47 Å². The van der Waals surface area contributed by atoms with Gasteiger partial charge in [0, 0.05) is 154 Å². The van der Waals surface area contributed by atoms with Crippen molar-refractivity contribution >= 4 is 56.8 Å². The first kappa shape index (κ1) is 57.7. The normalized spacial score (nSPS) is 26.0. The van der Waals surface area contributed by atoms with Crippen molar-refractivity contribution in [3.8, 4) is 11.5 Å². The molecule has 18 nitrogen and oxygen atoms in total. The van der Waals surface area contributed by atoms with Gasteiger partial charge in [0.25, 0.3) is 11.8 Å². The number of ether oxygens (including phenoxy) is 2. The molecule has 0 radical (unpaired) electrons. The Labute approximate surface area is 504 Å². The molecule has 18 heteroatoms. The van der Waals surface area contributed by atoms with Gasteiger partial charge in [-0.3, -0.25) is 39.0 Å². The van der Waals surface area contributed by atoms with Crippen molar-refractivity contribution in [1.29, 1.82) is 0 Å². The topological polar surface area (TPSA) is 160 Å². The molecule has 6 amide bonds. The maximum absolute atomic E-state index is 14.5. The largest absolute Gasteiger partial charge is 0.504 e. The van der Waals surface area contributed by atoms with Gasteiger partial charge in [-0.1, -0.05) is 84.9 Å². The molecular weight excluding hydrogens is 1080 g/mol.